The van der Waals surface area contributed by atoms with Gasteiger partial charge < -0.3 is 29.6 Å². The van der Waals surface area contributed by atoms with Crippen LogP contribution in [-0.4, -0.2) is 61.8 Å². The Kier molecular flexibility index (Phi) is 12.8. The van der Waals surface area contributed by atoms with Crippen molar-refractivity contribution in [3.8, 4) is 5.75 Å². The highest BCUT2D eigenvalue weighted by atomic mass is 35.5. The fourth-order valence-corrected chi connectivity index (χ4v) is 5.93. The van der Waals surface area contributed by atoms with Crippen molar-refractivity contribution in [2.45, 2.75) is 83.8 Å². The van der Waals surface area contributed by atoms with E-state index in [1.807, 2.05) is 51.1 Å². The molecule has 7 atom stereocenters. The number of nitrogens with one attached hydrogen (secondary N) is 2. The van der Waals surface area contributed by atoms with Crippen molar-refractivity contribution in [2.75, 3.05) is 13.7 Å². The fourth-order valence-electron chi connectivity index (χ4n) is 5.65. The lowest BCUT2D eigenvalue weighted by molar-refractivity contribution is -0.176. The summed E-state index contributed by atoms with van der Waals surface area (Å²) in [7, 11) is 1.51. The Hall–Kier alpha value is -3.89. The molecule has 47 heavy (non-hydrogen) atoms. The van der Waals surface area contributed by atoms with Crippen LogP contribution >= 0.6 is 11.6 Å². The first-order valence-corrected chi connectivity index (χ1v) is 16.6. The third kappa shape index (κ3) is 10.0. The monoisotopic (exact) mass is 668 g/mol. The van der Waals surface area contributed by atoms with E-state index in [9.17, 15) is 19.2 Å². The molecule has 2 heterocycles. The number of methoxy groups -OCH3 is 1. The molecule has 11 heteroatoms. The summed E-state index contributed by atoms with van der Waals surface area (Å²) in [5.74, 6) is -2.67. The lowest BCUT2D eigenvalue weighted by Crippen LogP contribution is -2.49. The molecule has 0 spiro atoms. The molecule has 2 aromatic carbocycles. The number of carbonyl (C=O) groups excluding carboxylic acids is 4. The van der Waals surface area contributed by atoms with E-state index in [2.05, 4.69) is 10.6 Å². The number of ether oxygens (including phenoxy) is 4. The number of benzene rings is 2. The molecule has 2 aliphatic rings. The number of rotatable bonds is 9. The first kappa shape index (κ1) is 36.0. The van der Waals surface area contributed by atoms with Crippen molar-refractivity contribution in [3.63, 3.8) is 0 Å². The summed E-state index contributed by atoms with van der Waals surface area (Å²) in [4.78, 5) is 53.4. The van der Waals surface area contributed by atoms with Gasteiger partial charge in [0.05, 0.1) is 24.2 Å². The van der Waals surface area contributed by atoms with Gasteiger partial charge in [-0.2, -0.15) is 0 Å². The summed E-state index contributed by atoms with van der Waals surface area (Å²) in [6, 6.07) is 14.0. The molecule has 0 aromatic heterocycles. The number of epoxide rings is 1. The average Bonchev–Trinajstić information content (AvgIpc) is 3.84. The van der Waals surface area contributed by atoms with E-state index in [0.29, 0.717) is 22.8 Å². The average molecular weight is 669 g/mol. The van der Waals surface area contributed by atoms with Gasteiger partial charge in [0.15, 0.2) is 6.10 Å². The first-order valence-electron chi connectivity index (χ1n) is 16.2. The van der Waals surface area contributed by atoms with Gasteiger partial charge in [-0.1, -0.05) is 81.8 Å². The van der Waals surface area contributed by atoms with Gasteiger partial charge in [0, 0.05) is 25.3 Å². The van der Waals surface area contributed by atoms with Gasteiger partial charge in [-0.05, 0) is 48.1 Å². The maximum absolute atomic E-state index is 13.6. The normalized spacial score (nSPS) is 27.2. The van der Waals surface area contributed by atoms with Crippen molar-refractivity contribution in [1.82, 2.24) is 10.6 Å². The lowest BCUT2D eigenvalue weighted by Gasteiger charge is -2.27. The number of carbonyl (C=O) groups is 4. The van der Waals surface area contributed by atoms with Gasteiger partial charge in [0.25, 0.3) is 0 Å². The highest BCUT2D eigenvalue weighted by Gasteiger charge is 2.47. The molecule has 254 valence electrons. The summed E-state index contributed by atoms with van der Waals surface area (Å²) in [6.45, 7) is 7.55. The van der Waals surface area contributed by atoms with Crippen LogP contribution in [0.2, 0.25) is 5.02 Å². The number of hydrogen-bond acceptors (Lipinski definition) is 8. The van der Waals surface area contributed by atoms with Crippen LogP contribution in [0, 0.1) is 17.8 Å². The van der Waals surface area contributed by atoms with E-state index < -0.39 is 47.9 Å². The molecule has 2 aromatic rings. The van der Waals surface area contributed by atoms with E-state index >= 15 is 0 Å². The first-order chi connectivity index (χ1) is 22.5. The summed E-state index contributed by atoms with van der Waals surface area (Å²) < 4.78 is 23.1. The molecule has 0 unspecified atom stereocenters. The number of halogens is 1. The second-order valence-corrected chi connectivity index (χ2v) is 13.0. The van der Waals surface area contributed by atoms with E-state index in [-0.39, 0.29) is 49.9 Å². The van der Waals surface area contributed by atoms with Crippen LogP contribution in [0.4, 0.5) is 0 Å². The molecule has 2 N–H and O–H groups in total. The third-order valence-corrected chi connectivity index (χ3v) is 8.80. The van der Waals surface area contributed by atoms with Crippen LogP contribution < -0.4 is 15.4 Å². The highest BCUT2D eigenvalue weighted by Crippen LogP contribution is 2.45. The lowest BCUT2D eigenvalue weighted by atomic mass is 9.93. The minimum Gasteiger partial charge on any atom is -0.495 e. The number of hydrogen-bond donors (Lipinski definition) is 2. The van der Waals surface area contributed by atoms with Crippen LogP contribution in [0.15, 0.2) is 60.7 Å². The zero-order chi connectivity index (χ0) is 34.1. The van der Waals surface area contributed by atoms with Crippen molar-refractivity contribution in [3.05, 3.63) is 76.8 Å². The van der Waals surface area contributed by atoms with Gasteiger partial charge in [-0.25, -0.2) is 4.79 Å². The SMILES string of the molecule is CC[C@@H]1CNC(=O)[C@@H](Cc2ccc(OC)c(Cl)c2)NC(=O)/C=C/C[C@@H]([C@H](C)[C@H]2O[C@@H]2c2ccccc2)OC(=O)[C@H](CC(C)C)OC1=O. The molecule has 2 aliphatic heterocycles. The molecule has 0 aliphatic carbocycles. The predicted octanol–water partition coefficient (Wildman–Crippen LogP) is 5.12. The summed E-state index contributed by atoms with van der Waals surface area (Å²) in [5.41, 5.74) is 1.73. The van der Waals surface area contributed by atoms with Gasteiger partial charge in [-0.3, -0.25) is 14.4 Å². The molecule has 4 rings (SSSR count). The minimum atomic E-state index is -1.13. The van der Waals surface area contributed by atoms with Crippen LogP contribution in [-0.2, 0) is 39.8 Å². The van der Waals surface area contributed by atoms with Crippen molar-refractivity contribution in [1.29, 1.82) is 0 Å². The van der Waals surface area contributed by atoms with Crippen LogP contribution in [0.25, 0.3) is 0 Å². The van der Waals surface area contributed by atoms with Crippen LogP contribution in [0.1, 0.15) is 64.2 Å². The van der Waals surface area contributed by atoms with E-state index in [4.69, 9.17) is 30.5 Å². The highest BCUT2D eigenvalue weighted by molar-refractivity contribution is 6.32. The Balaban J connectivity index is 1.60. The number of esters is 2. The van der Waals surface area contributed by atoms with E-state index in [1.165, 1.54) is 13.2 Å². The quantitative estimate of drug-likeness (QED) is 0.278. The molecule has 1 saturated heterocycles. The Labute approximate surface area is 281 Å². The van der Waals surface area contributed by atoms with Gasteiger partial charge >= 0.3 is 11.9 Å². The van der Waals surface area contributed by atoms with Crippen LogP contribution in [0.5, 0.6) is 5.75 Å². The topological polar surface area (TPSA) is 133 Å². The Bertz CT molecular complexity index is 1430. The Morgan fingerprint density at radius 3 is 2.40 bits per heavy atom. The predicted molar refractivity (Wildman–Crippen MR) is 177 cm³/mol. The molecule has 10 nitrogen and oxygen atoms in total. The fraction of sp³-hybridized carbons (Fsp3) is 0.500. The largest absolute Gasteiger partial charge is 0.495 e. The molecular weight excluding hydrogens is 624 g/mol. The third-order valence-electron chi connectivity index (χ3n) is 8.51. The van der Waals surface area contributed by atoms with Crippen molar-refractivity contribution in [2.24, 2.45) is 17.8 Å². The molecule has 0 radical (unpaired) electrons. The molecular formula is C36H45ClN2O8. The van der Waals surface area contributed by atoms with E-state index in [1.54, 1.807) is 31.2 Å². The van der Waals surface area contributed by atoms with Crippen LogP contribution in [0.3, 0.4) is 0 Å². The molecule has 1 fully saturated rings. The standard InChI is InChI=1S/C36H45ClN2O8/c1-6-24-20-38-34(41)27(19-23-15-16-29(44-5)26(37)18-23)39-31(40)14-10-13-28(45-36(43)30(17-21(2)3)46-35(24)42)22(4)32-33(47-32)25-11-8-7-9-12-25/h7-12,14-16,18,21-22,24,27-28,30,32-33H,6,13,17,19-20H2,1-5H3,(H,38,41)(H,39,40)/b14-10+/t22-,24+,27+,28-,30-,32+,33+/m0/s1. The van der Waals surface area contributed by atoms with Crippen molar-refractivity contribution >= 4 is 35.4 Å². The van der Waals surface area contributed by atoms with Gasteiger partial charge in [0.1, 0.15) is 24.0 Å². The maximum Gasteiger partial charge on any atom is 0.347 e. The zero-order valence-corrected chi connectivity index (χ0v) is 28.3. The summed E-state index contributed by atoms with van der Waals surface area (Å²) in [6.07, 6.45) is 1.78. The van der Waals surface area contributed by atoms with Gasteiger partial charge in [-0.15, -0.1) is 0 Å². The van der Waals surface area contributed by atoms with Crippen molar-refractivity contribution < 1.29 is 38.1 Å². The molecule has 0 saturated carbocycles. The Morgan fingerprint density at radius 1 is 1.00 bits per heavy atom. The molecule has 0 bridgehead atoms. The minimum absolute atomic E-state index is 0.0339. The molecule has 2 amide bonds. The Morgan fingerprint density at radius 2 is 1.74 bits per heavy atom. The zero-order valence-electron chi connectivity index (χ0n) is 27.6. The maximum atomic E-state index is 13.6. The second-order valence-electron chi connectivity index (χ2n) is 12.5. The van der Waals surface area contributed by atoms with E-state index in [0.717, 1.165) is 5.56 Å². The summed E-state index contributed by atoms with van der Waals surface area (Å²) in [5, 5.41) is 5.93. The van der Waals surface area contributed by atoms with Gasteiger partial charge in [0.2, 0.25) is 11.8 Å². The second kappa shape index (κ2) is 16.8. The smallest absolute Gasteiger partial charge is 0.347 e. The number of cyclic esters (lactones) is 2. The summed E-state index contributed by atoms with van der Waals surface area (Å²) >= 11 is 6.32. The number of amides is 2.